The first-order valence-corrected chi connectivity index (χ1v) is 10.0. The van der Waals surface area contributed by atoms with Gasteiger partial charge in [0.2, 0.25) is 5.91 Å². The number of carbonyl (C=O) groups excluding carboxylic acids is 1. The molecule has 0 unspecified atom stereocenters. The Morgan fingerprint density at radius 3 is 2.56 bits per heavy atom. The van der Waals surface area contributed by atoms with E-state index in [0.717, 1.165) is 48.8 Å². The third-order valence-corrected chi connectivity index (χ3v) is 5.83. The monoisotopic (exact) mass is 382 g/mol. The molecule has 1 saturated heterocycles. The minimum Gasteiger partial charge on any atom is -0.469 e. The average Bonchev–Trinajstić information content (AvgIpc) is 3.42. The molecule has 4 rings (SSSR count). The molecule has 1 atom stereocenters. The maximum atomic E-state index is 12.7. The van der Waals surface area contributed by atoms with Gasteiger partial charge < -0.3 is 9.32 Å². The molecule has 3 aromatic rings. The molecule has 1 aromatic carbocycles. The van der Waals surface area contributed by atoms with E-state index in [4.69, 9.17) is 4.42 Å². The van der Waals surface area contributed by atoms with Crippen molar-refractivity contribution in [3.05, 3.63) is 48.4 Å². The Bertz CT molecular complexity index is 929. The van der Waals surface area contributed by atoms with Crippen LogP contribution in [0.15, 0.2) is 52.2 Å². The Balaban J connectivity index is 1.69. The molecule has 0 saturated carbocycles. The van der Waals surface area contributed by atoms with Crippen molar-refractivity contribution in [1.82, 2.24) is 19.7 Å². The molecule has 1 aliphatic heterocycles. The van der Waals surface area contributed by atoms with Gasteiger partial charge in [-0.3, -0.25) is 9.36 Å². The molecule has 7 heteroatoms. The Labute approximate surface area is 162 Å². The summed E-state index contributed by atoms with van der Waals surface area (Å²) in [6.45, 7) is 5.56. The smallest absolute Gasteiger partial charge is 0.235 e. The van der Waals surface area contributed by atoms with Crippen molar-refractivity contribution in [3.8, 4) is 17.1 Å². The van der Waals surface area contributed by atoms with Crippen LogP contribution in [0.5, 0.6) is 0 Å². The van der Waals surface area contributed by atoms with E-state index in [1.165, 1.54) is 11.8 Å². The van der Waals surface area contributed by atoms with Crippen molar-refractivity contribution in [2.45, 2.75) is 37.1 Å². The number of amides is 1. The fourth-order valence-corrected chi connectivity index (χ4v) is 4.30. The number of aryl methyl sites for hydroxylation is 1. The maximum Gasteiger partial charge on any atom is 0.235 e. The van der Waals surface area contributed by atoms with Gasteiger partial charge in [0.1, 0.15) is 5.76 Å². The van der Waals surface area contributed by atoms with Crippen molar-refractivity contribution in [2.75, 3.05) is 13.1 Å². The molecule has 1 amide bonds. The van der Waals surface area contributed by atoms with Crippen LogP contribution in [0.2, 0.25) is 0 Å². The van der Waals surface area contributed by atoms with Crippen molar-refractivity contribution >= 4 is 17.7 Å². The first-order valence-electron chi connectivity index (χ1n) is 9.16. The highest BCUT2D eigenvalue weighted by molar-refractivity contribution is 8.00. The van der Waals surface area contributed by atoms with Gasteiger partial charge in [0.25, 0.3) is 0 Å². The molecule has 2 aromatic heterocycles. The highest BCUT2D eigenvalue weighted by Gasteiger charge is 2.27. The summed E-state index contributed by atoms with van der Waals surface area (Å²) in [5.41, 5.74) is 1.86. The van der Waals surface area contributed by atoms with Gasteiger partial charge in [-0.25, -0.2) is 0 Å². The minimum absolute atomic E-state index is 0.168. The van der Waals surface area contributed by atoms with Crippen molar-refractivity contribution in [2.24, 2.45) is 0 Å². The number of thioether (sulfide) groups is 1. The van der Waals surface area contributed by atoms with Crippen LogP contribution in [0.1, 0.15) is 25.5 Å². The molecule has 0 aliphatic carbocycles. The number of carbonyl (C=O) groups is 1. The van der Waals surface area contributed by atoms with Crippen molar-refractivity contribution < 1.29 is 9.21 Å². The summed E-state index contributed by atoms with van der Waals surface area (Å²) in [5, 5.41) is 9.31. The van der Waals surface area contributed by atoms with Gasteiger partial charge in [0.15, 0.2) is 11.0 Å². The molecule has 0 spiro atoms. The van der Waals surface area contributed by atoms with E-state index in [9.17, 15) is 4.79 Å². The molecule has 3 heterocycles. The number of benzene rings is 1. The fourth-order valence-electron chi connectivity index (χ4n) is 3.35. The van der Waals surface area contributed by atoms with Gasteiger partial charge in [0, 0.05) is 18.8 Å². The van der Waals surface area contributed by atoms with Crippen LogP contribution in [0.4, 0.5) is 0 Å². The minimum atomic E-state index is -0.215. The summed E-state index contributed by atoms with van der Waals surface area (Å²) < 4.78 is 7.45. The van der Waals surface area contributed by atoms with Crippen LogP contribution in [0, 0.1) is 6.92 Å². The molecule has 1 aliphatic rings. The van der Waals surface area contributed by atoms with Gasteiger partial charge in [-0.05, 0) is 44.9 Å². The number of furan rings is 1. The average molecular weight is 382 g/mol. The van der Waals surface area contributed by atoms with Gasteiger partial charge in [-0.2, -0.15) is 0 Å². The Morgan fingerprint density at radius 2 is 1.89 bits per heavy atom. The van der Waals surface area contributed by atoms with E-state index in [1.807, 2.05) is 59.7 Å². The molecule has 0 N–H and O–H groups in total. The Hall–Kier alpha value is -2.54. The first kappa shape index (κ1) is 17.9. The van der Waals surface area contributed by atoms with Crippen LogP contribution < -0.4 is 0 Å². The molecule has 6 nitrogen and oxygen atoms in total. The summed E-state index contributed by atoms with van der Waals surface area (Å²) in [7, 11) is 0. The third-order valence-electron chi connectivity index (χ3n) is 4.80. The van der Waals surface area contributed by atoms with Crippen molar-refractivity contribution in [1.29, 1.82) is 0 Å². The normalized spacial score (nSPS) is 15.3. The number of likely N-dealkylation sites (tertiary alicyclic amines) is 1. The third kappa shape index (κ3) is 3.51. The largest absolute Gasteiger partial charge is 0.469 e. The predicted molar refractivity (Wildman–Crippen MR) is 105 cm³/mol. The van der Waals surface area contributed by atoms with Crippen LogP contribution in [-0.4, -0.2) is 43.9 Å². The van der Waals surface area contributed by atoms with Crippen LogP contribution >= 0.6 is 11.8 Å². The predicted octanol–water partition coefficient (Wildman–Crippen LogP) is 3.94. The van der Waals surface area contributed by atoms with Crippen LogP contribution in [-0.2, 0) is 4.79 Å². The van der Waals surface area contributed by atoms with Crippen LogP contribution in [0.25, 0.3) is 17.1 Å². The van der Waals surface area contributed by atoms with Gasteiger partial charge in [-0.15, -0.1) is 10.2 Å². The summed E-state index contributed by atoms with van der Waals surface area (Å²) in [6.07, 6.45) is 3.83. The highest BCUT2D eigenvalue weighted by atomic mass is 32.2. The zero-order valence-corrected chi connectivity index (χ0v) is 16.3. The molecule has 0 bridgehead atoms. The Kier molecular flexibility index (Phi) is 5.03. The lowest BCUT2D eigenvalue weighted by atomic mass is 10.2. The van der Waals surface area contributed by atoms with E-state index < -0.39 is 0 Å². The fraction of sp³-hybridized carbons (Fsp3) is 0.350. The quantitative estimate of drug-likeness (QED) is 0.626. The standard InChI is InChI=1S/C20H22N4O2S/c1-14-17(10-13-26-14)18-21-22-20(24(18)16-8-4-3-5-9-16)27-15(2)19(25)23-11-6-7-12-23/h3-5,8-10,13,15H,6-7,11-12H2,1-2H3/t15-/m1/s1. The SMILES string of the molecule is Cc1occc1-c1nnc(S[C@H](C)C(=O)N2CCCC2)n1-c1ccccc1. The maximum absolute atomic E-state index is 12.7. The summed E-state index contributed by atoms with van der Waals surface area (Å²) in [5.74, 6) is 1.68. The van der Waals surface area contributed by atoms with Gasteiger partial charge >= 0.3 is 0 Å². The Morgan fingerprint density at radius 1 is 1.15 bits per heavy atom. The molecule has 140 valence electrons. The zero-order valence-electron chi connectivity index (χ0n) is 15.5. The second-order valence-electron chi connectivity index (χ2n) is 6.66. The second kappa shape index (κ2) is 7.60. The van der Waals surface area contributed by atoms with Crippen LogP contribution in [0.3, 0.4) is 0 Å². The molecule has 0 radical (unpaired) electrons. The number of hydrogen-bond acceptors (Lipinski definition) is 5. The number of hydrogen-bond donors (Lipinski definition) is 0. The molecule has 1 fully saturated rings. The number of rotatable bonds is 5. The van der Waals surface area contributed by atoms with E-state index in [-0.39, 0.29) is 11.2 Å². The first-order chi connectivity index (χ1) is 13.1. The topological polar surface area (TPSA) is 64.2 Å². The molecular formula is C20H22N4O2S. The lowest BCUT2D eigenvalue weighted by Crippen LogP contribution is -2.34. The number of para-hydroxylation sites is 1. The van der Waals surface area contributed by atoms with E-state index in [0.29, 0.717) is 5.16 Å². The second-order valence-corrected chi connectivity index (χ2v) is 7.97. The lowest BCUT2D eigenvalue weighted by Gasteiger charge is -2.20. The van der Waals surface area contributed by atoms with E-state index in [2.05, 4.69) is 10.2 Å². The zero-order chi connectivity index (χ0) is 18.8. The lowest BCUT2D eigenvalue weighted by molar-refractivity contribution is -0.129. The van der Waals surface area contributed by atoms with Gasteiger partial charge in [0.05, 0.1) is 17.1 Å². The van der Waals surface area contributed by atoms with E-state index >= 15 is 0 Å². The summed E-state index contributed by atoms with van der Waals surface area (Å²) >= 11 is 1.45. The van der Waals surface area contributed by atoms with Gasteiger partial charge in [-0.1, -0.05) is 30.0 Å². The summed E-state index contributed by atoms with van der Waals surface area (Å²) in [4.78, 5) is 14.7. The number of aromatic nitrogens is 3. The number of nitrogens with zero attached hydrogens (tertiary/aromatic N) is 4. The van der Waals surface area contributed by atoms with E-state index in [1.54, 1.807) is 6.26 Å². The molecular weight excluding hydrogens is 360 g/mol. The van der Waals surface area contributed by atoms with Crippen molar-refractivity contribution in [3.63, 3.8) is 0 Å². The highest BCUT2D eigenvalue weighted by Crippen LogP contribution is 2.32. The summed E-state index contributed by atoms with van der Waals surface area (Å²) in [6, 6.07) is 11.9. The molecule has 27 heavy (non-hydrogen) atoms.